The molecule has 1 aromatic heterocycles. The van der Waals surface area contributed by atoms with Crippen LogP contribution in [0.15, 0.2) is 18.3 Å². The van der Waals surface area contributed by atoms with E-state index in [0.717, 1.165) is 6.42 Å². The predicted octanol–water partition coefficient (Wildman–Crippen LogP) is 1.59. The molecular weight excluding hydrogens is 274 g/mol. The number of hydrogen-bond acceptors (Lipinski definition) is 5. The first kappa shape index (κ1) is 15.1. The Morgan fingerprint density at radius 2 is 2.38 bits per heavy atom. The molecule has 0 bridgehead atoms. The number of pyridine rings is 1. The van der Waals surface area contributed by atoms with Crippen molar-refractivity contribution in [1.29, 1.82) is 0 Å². The summed E-state index contributed by atoms with van der Waals surface area (Å²) in [7, 11) is 0. The molecule has 0 aliphatic carbocycles. The second-order valence-electron chi connectivity index (χ2n) is 4.84. The first-order chi connectivity index (χ1) is 10.1. The number of carbonyl (C=O) groups is 2. The predicted molar refractivity (Wildman–Crippen MR) is 75.9 cm³/mol. The maximum atomic E-state index is 12.2. The van der Waals surface area contributed by atoms with Gasteiger partial charge in [-0.1, -0.05) is 0 Å². The normalized spacial score (nSPS) is 18.1. The van der Waals surface area contributed by atoms with Crippen molar-refractivity contribution >= 4 is 17.8 Å². The lowest BCUT2D eigenvalue weighted by Gasteiger charge is -2.31. The van der Waals surface area contributed by atoms with Crippen LogP contribution in [0.25, 0.3) is 0 Å². The standard InChI is InChI=1S/C14H19N3O4/c1-2-21-14(20)17-8-4-5-10(9-17)13(19)16-12-11(18)6-3-7-15-12/h3,6-7,10,18H,2,4-5,8-9H2,1H3,(H,15,16,19)/t10-/m0/s1. The summed E-state index contributed by atoms with van der Waals surface area (Å²) in [6, 6.07) is 3.03. The number of likely N-dealkylation sites (tertiary alicyclic amines) is 1. The van der Waals surface area contributed by atoms with Crippen molar-refractivity contribution in [3.63, 3.8) is 0 Å². The van der Waals surface area contributed by atoms with Gasteiger partial charge in [-0.2, -0.15) is 0 Å². The van der Waals surface area contributed by atoms with Gasteiger partial charge in [0.05, 0.1) is 12.5 Å². The fourth-order valence-electron chi connectivity index (χ4n) is 2.28. The number of aromatic hydroxyl groups is 1. The molecule has 7 nitrogen and oxygen atoms in total. The van der Waals surface area contributed by atoms with Crippen LogP contribution in [0.3, 0.4) is 0 Å². The van der Waals surface area contributed by atoms with E-state index in [1.54, 1.807) is 13.0 Å². The molecule has 0 unspecified atom stereocenters. The van der Waals surface area contributed by atoms with E-state index in [4.69, 9.17) is 4.74 Å². The lowest BCUT2D eigenvalue weighted by atomic mass is 9.97. The number of rotatable bonds is 3. The molecule has 1 atom stereocenters. The fourth-order valence-corrected chi connectivity index (χ4v) is 2.28. The molecule has 7 heteroatoms. The maximum absolute atomic E-state index is 12.2. The van der Waals surface area contributed by atoms with E-state index < -0.39 is 6.09 Å². The number of amides is 2. The monoisotopic (exact) mass is 293 g/mol. The molecule has 1 aromatic rings. The smallest absolute Gasteiger partial charge is 0.409 e. The molecule has 0 radical (unpaired) electrons. The Labute approximate surface area is 122 Å². The van der Waals surface area contributed by atoms with E-state index >= 15 is 0 Å². The number of ether oxygens (including phenoxy) is 1. The molecule has 1 fully saturated rings. The molecule has 1 saturated heterocycles. The van der Waals surface area contributed by atoms with Crippen molar-refractivity contribution < 1.29 is 19.4 Å². The largest absolute Gasteiger partial charge is 0.504 e. The molecule has 2 heterocycles. The van der Waals surface area contributed by atoms with E-state index in [2.05, 4.69) is 10.3 Å². The molecule has 1 aliphatic heterocycles. The first-order valence-corrected chi connectivity index (χ1v) is 6.98. The Bertz CT molecular complexity index is 521. The zero-order valence-electron chi connectivity index (χ0n) is 11.9. The van der Waals surface area contributed by atoms with Crippen molar-refractivity contribution in [3.05, 3.63) is 18.3 Å². The topological polar surface area (TPSA) is 91.8 Å². The average Bonchev–Trinajstić information content (AvgIpc) is 2.50. The number of carbonyl (C=O) groups excluding carboxylic acids is 2. The third-order valence-corrected chi connectivity index (χ3v) is 3.35. The van der Waals surface area contributed by atoms with Crippen molar-refractivity contribution in [2.45, 2.75) is 19.8 Å². The minimum Gasteiger partial charge on any atom is -0.504 e. The van der Waals surface area contributed by atoms with Gasteiger partial charge in [-0.3, -0.25) is 4.79 Å². The van der Waals surface area contributed by atoms with Gasteiger partial charge in [-0.15, -0.1) is 0 Å². The number of hydrogen-bond donors (Lipinski definition) is 2. The van der Waals surface area contributed by atoms with E-state index in [0.29, 0.717) is 26.1 Å². The van der Waals surface area contributed by atoms with Gasteiger partial charge in [-0.05, 0) is 31.9 Å². The molecule has 2 rings (SSSR count). The highest BCUT2D eigenvalue weighted by atomic mass is 16.6. The van der Waals surface area contributed by atoms with Gasteiger partial charge in [-0.25, -0.2) is 9.78 Å². The highest BCUT2D eigenvalue weighted by Crippen LogP contribution is 2.22. The number of aromatic nitrogens is 1. The third-order valence-electron chi connectivity index (χ3n) is 3.35. The molecule has 1 aliphatic rings. The zero-order chi connectivity index (χ0) is 15.2. The highest BCUT2D eigenvalue weighted by molar-refractivity contribution is 5.93. The van der Waals surface area contributed by atoms with Crippen molar-refractivity contribution in [3.8, 4) is 5.75 Å². The molecule has 114 valence electrons. The SMILES string of the molecule is CCOC(=O)N1CCC[C@H](C(=O)Nc2ncccc2O)C1. The summed E-state index contributed by atoms with van der Waals surface area (Å²) in [4.78, 5) is 29.3. The Hall–Kier alpha value is -2.31. The highest BCUT2D eigenvalue weighted by Gasteiger charge is 2.29. The summed E-state index contributed by atoms with van der Waals surface area (Å²) in [5, 5.41) is 12.2. The lowest BCUT2D eigenvalue weighted by molar-refractivity contribution is -0.121. The van der Waals surface area contributed by atoms with Crippen LogP contribution >= 0.6 is 0 Å². The lowest BCUT2D eigenvalue weighted by Crippen LogP contribution is -2.44. The van der Waals surface area contributed by atoms with Crippen LogP contribution in [-0.2, 0) is 9.53 Å². The number of nitrogens with zero attached hydrogens (tertiary/aromatic N) is 2. The summed E-state index contributed by atoms with van der Waals surface area (Å²) in [6.07, 6.45) is 2.53. The van der Waals surface area contributed by atoms with Crippen LogP contribution in [0.4, 0.5) is 10.6 Å². The second-order valence-corrected chi connectivity index (χ2v) is 4.84. The summed E-state index contributed by atoms with van der Waals surface area (Å²) < 4.78 is 4.95. The van der Waals surface area contributed by atoms with Crippen LogP contribution < -0.4 is 5.32 Å². The van der Waals surface area contributed by atoms with Gasteiger partial charge in [0, 0.05) is 19.3 Å². The number of anilines is 1. The third kappa shape index (κ3) is 3.84. The molecule has 2 N–H and O–H groups in total. The summed E-state index contributed by atoms with van der Waals surface area (Å²) in [5.41, 5.74) is 0. The summed E-state index contributed by atoms with van der Waals surface area (Å²) in [6.45, 7) is 2.97. The molecule has 0 aromatic carbocycles. The van der Waals surface area contributed by atoms with Crippen LogP contribution in [0.1, 0.15) is 19.8 Å². The van der Waals surface area contributed by atoms with E-state index in [9.17, 15) is 14.7 Å². The minimum atomic E-state index is -0.393. The quantitative estimate of drug-likeness (QED) is 0.883. The number of piperidine rings is 1. The Morgan fingerprint density at radius 1 is 1.57 bits per heavy atom. The van der Waals surface area contributed by atoms with E-state index in [1.165, 1.54) is 17.2 Å². The minimum absolute atomic E-state index is 0.0797. The molecule has 0 spiro atoms. The fraction of sp³-hybridized carbons (Fsp3) is 0.500. The molecule has 0 saturated carbocycles. The Morgan fingerprint density at radius 3 is 3.10 bits per heavy atom. The van der Waals surface area contributed by atoms with Crippen molar-refractivity contribution in [2.24, 2.45) is 5.92 Å². The van der Waals surface area contributed by atoms with Gasteiger partial charge in [0.1, 0.15) is 0 Å². The summed E-state index contributed by atoms with van der Waals surface area (Å²) in [5.74, 6) is -0.526. The van der Waals surface area contributed by atoms with Gasteiger partial charge in [0.25, 0.3) is 0 Å². The van der Waals surface area contributed by atoms with Crippen LogP contribution in [0.5, 0.6) is 5.75 Å². The van der Waals surface area contributed by atoms with Crippen molar-refractivity contribution in [2.75, 3.05) is 25.0 Å². The van der Waals surface area contributed by atoms with Gasteiger partial charge in [0.2, 0.25) is 5.91 Å². The van der Waals surface area contributed by atoms with Gasteiger partial charge < -0.3 is 20.1 Å². The molecule has 2 amide bonds. The Kier molecular flexibility index (Phi) is 4.97. The van der Waals surface area contributed by atoms with Crippen molar-refractivity contribution in [1.82, 2.24) is 9.88 Å². The Balaban J connectivity index is 1.96. The zero-order valence-corrected chi connectivity index (χ0v) is 11.9. The second kappa shape index (κ2) is 6.92. The van der Waals surface area contributed by atoms with E-state index in [1.807, 2.05) is 0 Å². The first-order valence-electron chi connectivity index (χ1n) is 6.98. The van der Waals surface area contributed by atoms with Crippen LogP contribution in [0, 0.1) is 5.92 Å². The summed E-state index contributed by atoms with van der Waals surface area (Å²) >= 11 is 0. The molecular formula is C14H19N3O4. The van der Waals surface area contributed by atoms with Crippen LogP contribution in [0.2, 0.25) is 0 Å². The number of nitrogens with one attached hydrogen (secondary N) is 1. The molecule has 21 heavy (non-hydrogen) atoms. The van der Waals surface area contributed by atoms with E-state index in [-0.39, 0.29) is 23.4 Å². The van der Waals surface area contributed by atoms with Gasteiger partial charge in [0.15, 0.2) is 11.6 Å². The van der Waals surface area contributed by atoms with Crippen LogP contribution in [-0.4, -0.2) is 46.7 Å². The average molecular weight is 293 g/mol. The van der Waals surface area contributed by atoms with Gasteiger partial charge >= 0.3 is 6.09 Å². The maximum Gasteiger partial charge on any atom is 0.409 e.